The van der Waals surface area contributed by atoms with Gasteiger partial charge in [0.05, 0.1) is 0 Å². The number of hydrogen-bond donors (Lipinski definition) is 0. The molecular formula is C12H17ClN4OS. The van der Waals surface area contributed by atoms with E-state index in [0.29, 0.717) is 10.5 Å². The summed E-state index contributed by atoms with van der Waals surface area (Å²) in [5, 5.41) is 1.57. The zero-order valence-electron chi connectivity index (χ0n) is 10.7. The highest BCUT2D eigenvalue weighted by molar-refractivity contribution is 7.99. The van der Waals surface area contributed by atoms with E-state index in [1.165, 1.54) is 12.8 Å². The van der Waals surface area contributed by atoms with Crippen LogP contribution in [0.1, 0.15) is 25.7 Å². The summed E-state index contributed by atoms with van der Waals surface area (Å²) in [6.45, 7) is 3.69. The molecule has 2 aliphatic heterocycles. The molecule has 0 bridgehead atoms. The molecule has 0 saturated carbocycles. The molecule has 0 aromatic carbocycles. The summed E-state index contributed by atoms with van der Waals surface area (Å²) in [5.74, 6) is 0.729. The smallest absolute Gasteiger partial charge is 0.230 e. The van der Waals surface area contributed by atoms with Crippen LogP contribution in [-0.4, -0.2) is 46.5 Å². The SMILES string of the molecule is Clc1nc(SC2CCOCC2)nc(N2CCCC2)n1. The number of thioether (sulfide) groups is 1. The maximum atomic E-state index is 6.02. The lowest BCUT2D eigenvalue weighted by molar-refractivity contribution is 0.1000. The Morgan fingerprint density at radius 1 is 1.11 bits per heavy atom. The fourth-order valence-corrected chi connectivity index (χ4v) is 3.58. The Bertz CT molecular complexity index is 436. The van der Waals surface area contributed by atoms with Gasteiger partial charge in [0.15, 0.2) is 5.16 Å². The van der Waals surface area contributed by atoms with Gasteiger partial charge in [-0.1, -0.05) is 11.8 Å². The van der Waals surface area contributed by atoms with Gasteiger partial charge < -0.3 is 9.64 Å². The average molecular weight is 301 g/mol. The standard InChI is InChI=1S/C12H17ClN4OS/c13-10-14-11(17-5-1-2-6-17)16-12(15-10)19-9-3-7-18-8-4-9/h9H,1-8H2. The summed E-state index contributed by atoms with van der Waals surface area (Å²) < 4.78 is 5.37. The molecule has 19 heavy (non-hydrogen) atoms. The molecule has 2 fully saturated rings. The van der Waals surface area contributed by atoms with Crippen molar-refractivity contribution in [3.8, 4) is 0 Å². The fraction of sp³-hybridized carbons (Fsp3) is 0.750. The predicted molar refractivity (Wildman–Crippen MR) is 76.0 cm³/mol. The third-order valence-corrected chi connectivity index (χ3v) is 4.77. The molecule has 5 nitrogen and oxygen atoms in total. The van der Waals surface area contributed by atoms with Gasteiger partial charge in [0.25, 0.3) is 0 Å². The first-order valence-corrected chi connectivity index (χ1v) is 7.98. The highest BCUT2D eigenvalue weighted by Gasteiger charge is 2.20. The quantitative estimate of drug-likeness (QED) is 0.854. The van der Waals surface area contributed by atoms with Crippen LogP contribution < -0.4 is 4.90 Å². The molecule has 2 saturated heterocycles. The largest absolute Gasteiger partial charge is 0.381 e. The Hall–Kier alpha value is -0.590. The number of anilines is 1. The maximum absolute atomic E-state index is 6.02. The average Bonchev–Trinajstić information content (AvgIpc) is 2.93. The number of nitrogens with zero attached hydrogens (tertiary/aromatic N) is 4. The van der Waals surface area contributed by atoms with Crippen molar-refractivity contribution in [2.24, 2.45) is 0 Å². The molecule has 1 aromatic heterocycles. The molecular weight excluding hydrogens is 284 g/mol. The molecule has 2 aliphatic rings. The lowest BCUT2D eigenvalue weighted by atomic mass is 10.2. The van der Waals surface area contributed by atoms with E-state index in [9.17, 15) is 0 Å². The second-order valence-corrected chi connectivity index (χ2v) is 6.42. The van der Waals surface area contributed by atoms with E-state index in [1.54, 1.807) is 11.8 Å². The Morgan fingerprint density at radius 2 is 1.84 bits per heavy atom. The van der Waals surface area contributed by atoms with E-state index in [-0.39, 0.29) is 0 Å². The molecule has 1 aromatic rings. The Balaban J connectivity index is 1.73. The molecule has 3 heterocycles. The number of halogens is 1. The predicted octanol–water partition coefficient (Wildman–Crippen LogP) is 2.40. The first-order valence-electron chi connectivity index (χ1n) is 6.72. The second kappa shape index (κ2) is 6.24. The van der Waals surface area contributed by atoms with Crippen molar-refractivity contribution in [3.63, 3.8) is 0 Å². The van der Waals surface area contributed by atoms with E-state index in [4.69, 9.17) is 16.3 Å². The highest BCUT2D eigenvalue weighted by Crippen LogP contribution is 2.29. The first kappa shape index (κ1) is 13.4. The van der Waals surface area contributed by atoms with Gasteiger partial charge in [-0.3, -0.25) is 0 Å². The van der Waals surface area contributed by atoms with E-state index in [2.05, 4.69) is 19.9 Å². The minimum Gasteiger partial charge on any atom is -0.381 e. The van der Waals surface area contributed by atoms with Crippen LogP contribution in [-0.2, 0) is 4.74 Å². The summed E-state index contributed by atoms with van der Waals surface area (Å²) in [6.07, 6.45) is 4.50. The van der Waals surface area contributed by atoms with Gasteiger partial charge in [-0.2, -0.15) is 15.0 Å². The second-order valence-electron chi connectivity index (χ2n) is 4.81. The number of ether oxygens (including phenoxy) is 1. The number of aromatic nitrogens is 3. The van der Waals surface area contributed by atoms with Gasteiger partial charge >= 0.3 is 0 Å². The lowest BCUT2D eigenvalue weighted by Gasteiger charge is -2.21. The molecule has 104 valence electrons. The van der Waals surface area contributed by atoms with E-state index >= 15 is 0 Å². The van der Waals surface area contributed by atoms with Crippen LogP contribution in [0.5, 0.6) is 0 Å². The van der Waals surface area contributed by atoms with E-state index in [0.717, 1.165) is 50.2 Å². The molecule has 0 amide bonds. The lowest BCUT2D eigenvalue weighted by Crippen LogP contribution is -2.22. The summed E-state index contributed by atoms with van der Waals surface area (Å²) in [7, 11) is 0. The molecule has 7 heteroatoms. The summed E-state index contributed by atoms with van der Waals surface area (Å²) in [4.78, 5) is 15.2. The molecule has 0 radical (unpaired) electrons. The monoisotopic (exact) mass is 300 g/mol. The zero-order valence-corrected chi connectivity index (χ0v) is 12.3. The third kappa shape index (κ3) is 3.49. The Labute approximate surface area is 122 Å². The molecule has 0 atom stereocenters. The van der Waals surface area contributed by atoms with Crippen molar-refractivity contribution in [3.05, 3.63) is 5.28 Å². The van der Waals surface area contributed by atoms with Crippen molar-refractivity contribution in [2.45, 2.75) is 36.1 Å². The summed E-state index contributed by atoms with van der Waals surface area (Å²) in [5.41, 5.74) is 0. The van der Waals surface area contributed by atoms with Gasteiger partial charge in [-0.05, 0) is 37.3 Å². The molecule has 0 aliphatic carbocycles. The topological polar surface area (TPSA) is 51.1 Å². The van der Waals surface area contributed by atoms with Gasteiger partial charge in [0.1, 0.15) is 0 Å². The van der Waals surface area contributed by atoms with Crippen molar-refractivity contribution < 1.29 is 4.74 Å². The number of rotatable bonds is 3. The first-order chi connectivity index (χ1) is 9.31. The molecule has 0 unspecified atom stereocenters. The van der Waals surface area contributed by atoms with Crippen LogP contribution in [0, 0.1) is 0 Å². The van der Waals surface area contributed by atoms with Crippen molar-refractivity contribution in [2.75, 3.05) is 31.2 Å². The summed E-state index contributed by atoms with van der Waals surface area (Å²) >= 11 is 7.72. The minimum atomic E-state index is 0.298. The van der Waals surface area contributed by atoms with Gasteiger partial charge in [-0.25, -0.2) is 0 Å². The number of hydrogen-bond acceptors (Lipinski definition) is 6. The highest BCUT2D eigenvalue weighted by atomic mass is 35.5. The Morgan fingerprint density at radius 3 is 2.58 bits per heavy atom. The maximum Gasteiger partial charge on any atom is 0.230 e. The minimum absolute atomic E-state index is 0.298. The molecule has 0 N–H and O–H groups in total. The Kier molecular flexibility index (Phi) is 4.40. The van der Waals surface area contributed by atoms with Gasteiger partial charge in [0, 0.05) is 31.6 Å². The van der Waals surface area contributed by atoms with Crippen LogP contribution in [0.25, 0.3) is 0 Å². The molecule has 3 rings (SSSR count). The van der Waals surface area contributed by atoms with Gasteiger partial charge in [-0.15, -0.1) is 0 Å². The van der Waals surface area contributed by atoms with Crippen molar-refractivity contribution in [1.82, 2.24) is 15.0 Å². The van der Waals surface area contributed by atoms with Crippen LogP contribution in [0.4, 0.5) is 5.95 Å². The van der Waals surface area contributed by atoms with Crippen LogP contribution in [0.2, 0.25) is 5.28 Å². The van der Waals surface area contributed by atoms with Crippen molar-refractivity contribution in [1.29, 1.82) is 0 Å². The summed E-state index contributed by atoms with van der Waals surface area (Å²) in [6, 6.07) is 0. The van der Waals surface area contributed by atoms with Crippen LogP contribution in [0.3, 0.4) is 0 Å². The van der Waals surface area contributed by atoms with Crippen LogP contribution in [0.15, 0.2) is 5.16 Å². The van der Waals surface area contributed by atoms with E-state index < -0.39 is 0 Å². The molecule has 0 spiro atoms. The van der Waals surface area contributed by atoms with Crippen LogP contribution >= 0.6 is 23.4 Å². The van der Waals surface area contributed by atoms with Crippen molar-refractivity contribution >= 4 is 29.3 Å². The zero-order chi connectivity index (χ0) is 13.1. The van der Waals surface area contributed by atoms with Gasteiger partial charge in [0.2, 0.25) is 11.2 Å². The normalized spacial score (nSPS) is 21.0. The fourth-order valence-electron chi connectivity index (χ4n) is 2.38. The van der Waals surface area contributed by atoms with E-state index in [1.807, 2.05) is 0 Å². The third-order valence-electron chi connectivity index (χ3n) is 3.41.